The molecule has 284 valence electrons. The van der Waals surface area contributed by atoms with E-state index in [-0.39, 0.29) is 0 Å². The molecule has 12 rings (SSSR count). The van der Waals surface area contributed by atoms with E-state index in [0.29, 0.717) is 17.5 Å². The predicted molar refractivity (Wildman–Crippen MR) is 256 cm³/mol. The Labute approximate surface area is 356 Å². The first-order valence-electron chi connectivity index (χ1n) is 20.5. The Morgan fingerprint density at radius 1 is 0.295 bits per heavy atom. The molecule has 9 aromatic carbocycles. The number of fused-ring (bicyclic) bond motifs is 8. The average molecular weight is 795 g/mol. The Balaban J connectivity index is 0.940. The van der Waals surface area contributed by atoms with Gasteiger partial charge in [-0.2, -0.15) is 0 Å². The van der Waals surface area contributed by atoms with Gasteiger partial charge >= 0.3 is 0 Å². The number of hydrogen-bond acceptors (Lipinski definition) is 5. The molecule has 4 nitrogen and oxygen atoms in total. The van der Waals surface area contributed by atoms with E-state index in [1.807, 2.05) is 72.0 Å². The van der Waals surface area contributed by atoms with Gasteiger partial charge in [0.1, 0.15) is 0 Å². The predicted octanol–water partition coefficient (Wildman–Crippen LogP) is 15.1. The van der Waals surface area contributed by atoms with E-state index in [9.17, 15) is 0 Å². The third kappa shape index (κ3) is 6.14. The topological polar surface area (TPSA) is 51.6 Å². The minimum Gasteiger partial charge on any atom is -0.247 e. The van der Waals surface area contributed by atoms with Gasteiger partial charge in [0.2, 0.25) is 0 Å². The molecule has 0 N–H and O–H groups in total. The largest absolute Gasteiger partial charge is 0.247 e. The van der Waals surface area contributed by atoms with Gasteiger partial charge in [-0.1, -0.05) is 176 Å². The maximum atomic E-state index is 5.32. The van der Waals surface area contributed by atoms with Crippen LogP contribution in [0.5, 0.6) is 0 Å². The zero-order valence-corrected chi connectivity index (χ0v) is 33.6. The van der Waals surface area contributed by atoms with Crippen LogP contribution in [0.25, 0.3) is 120 Å². The fourth-order valence-electron chi connectivity index (χ4n) is 8.76. The first kappa shape index (κ1) is 35.1. The number of thiophene rings is 1. The molecule has 0 amide bonds. The van der Waals surface area contributed by atoms with Crippen LogP contribution in [-0.4, -0.2) is 19.9 Å². The van der Waals surface area contributed by atoms with Crippen molar-refractivity contribution in [3.63, 3.8) is 0 Å². The van der Waals surface area contributed by atoms with Crippen LogP contribution < -0.4 is 0 Å². The van der Waals surface area contributed by atoms with Crippen molar-refractivity contribution in [1.82, 2.24) is 19.9 Å². The van der Waals surface area contributed by atoms with Crippen LogP contribution in [0.2, 0.25) is 0 Å². The fraction of sp³-hybridized carbons (Fsp3) is 0. The summed E-state index contributed by atoms with van der Waals surface area (Å²) >= 11 is 1.86. The average Bonchev–Trinajstić information content (AvgIpc) is 3.73. The molecule has 0 unspecified atom stereocenters. The van der Waals surface area contributed by atoms with Gasteiger partial charge in [0, 0.05) is 58.6 Å². The van der Waals surface area contributed by atoms with E-state index in [1.54, 1.807) is 0 Å². The highest BCUT2D eigenvalue weighted by molar-refractivity contribution is 7.26. The van der Waals surface area contributed by atoms with Gasteiger partial charge in [0.05, 0.1) is 11.2 Å². The summed E-state index contributed by atoms with van der Waals surface area (Å²) in [6.45, 7) is 0. The van der Waals surface area contributed by atoms with E-state index in [0.717, 1.165) is 55.5 Å². The molecule has 3 aromatic heterocycles. The fourth-order valence-corrected chi connectivity index (χ4v) is 9.87. The normalized spacial score (nSPS) is 11.6. The van der Waals surface area contributed by atoms with Crippen LogP contribution in [0.4, 0.5) is 0 Å². The van der Waals surface area contributed by atoms with Crippen LogP contribution in [0, 0.1) is 0 Å². The summed E-state index contributed by atoms with van der Waals surface area (Å²) in [6.07, 6.45) is 0. The summed E-state index contributed by atoms with van der Waals surface area (Å²) in [5.41, 5.74) is 10.6. The van der Waals surface area contributed by atoms with Crippen LogP contribution >= 0.6 is 11.3 Å². The summed E-state index contributed by atoms with van der Waals surface area (Å²) in [7, 11) is 0. The standard InChI is InChI=1S/C56H34N4S/c1-4-13-37(14-5-1)53-46-30-32-50-52(45-20-10-11-22-49(45)61-50)51(46)47-34-40(28-31-48(47)57-53)35-23-25-36(26-24-35)43-21-12-19-41-33-42(27-29-44(41)43)56-59-54(38-15-6-2-7-16-38)58-55(60-56)39-17-8-3-9-18-39/h1-34H. The number of pyridine rings is 1. The lowest BCUT2D eigenvalue weighted by Gasteiger charge is -2.13. The third-order valence-electron chi connectivity index (χ3n) is 11.7. The Morgan fingerprint density at radius 3 is 1.61 bits per heavy atom. The lowest BCUT2D eigenvalue weighted by molar-refractivity contribution is 1.07. The lowest BCUT2D eigenvalue weighted by atomic mass is 9.93. The zero-order chi connectivity index (χ0) is 40.3. The van der Waals surface area contributed by atoms with E-state index >= 15 is 0 Å². The number of aromatic nitrogens is 4. The quantitative estimate of drug-likeness (QED) is 0.157. The Kier molecular flexibility index (Phi) is 8.32. The SMILES string of the molecule is c1ccc(-c2nc(-c3ccccc3)nc(-c3ccc4c(-c5ccc(-c6ccc7nc(-c8ccccc8)c8ccc9sc%10ccccc%10c9c8c7c6)cc5)cccc4c3)n2)cc1. The maximum Gasteiger partial charge on any atom is 0.164 e. The Bertz CT molecular complexity index is 3560. The highest BCUT2D eigenvalue weighted by atomic mass is 32.1. The van der Waals surface area contributed by atoms with Crippen LogP contribution in [0.15, 0.2) is 206 Å². The number of hydrogen-bond donors (Lipinski definition) is 0. The van der Waals surface area contributed by atoms with E-state index in [1.165, 1.54) is 47.3 Å². The van der Waals surface area contributed by atoms with Gasteiger partial charge in [-0.05, 0) is 63.4 Å². The Hall–Kier alpha value is -7.86. The minimum absolute atomic E-state index is 0.645. The summed E-state index contributed by atoms with van der Waals surface area (Å²) in [5.74, 6) is 1.95. The molecular formula is C56H34N4S. The molecule has 0 saturated heterocycles. The molecule has 0 bridgehead atoms. The molecule has 0 aliphatic rings. The molecule has 0 aliphatic carbocycles. The molecule has 12 aromatic rings. The second kappa shape index (κ2) is 14.5. The van der Waals surface area contributed by atoms with E-state index in [2.05, 4.69) is 146 Å². The van der Waals surface area contributed by atoms with Crippen molar-refractivity contribution in [1.29, 1.82) is 0 Å². The first-order valence-corrected chi connectivity index (χ1v) is 21.3. The van der Waals surface area contributed by atoms with Crippen molar-refractivity contribution in [3.05, 3.63) is 206 Å². The molecule has 0 atom stereocenters. The van der Waals surface area contributed by atoms with Crippen molar-refractivity contribution >= 4 is 64.0 Å². The van der Waals surface area contributed by atoms with Gasteiger partial charge in [-0.3, -0.25) is 0 Å². The van der Waals surface area contributed by atoms with Crippen molar-refractivity contribution in [2.75, 3.05) is 0 Å². The summed E-state index contributed by atoms with van der Waals surface area (Å²) in [4.78, 5) is 20.2. The van der Waals surface area contributed by atoms with Gasteiger partial charge < -0.3 is 0 Å². The molecule has 5 heteroatoms. The van der Waals surface area contributed by atoms with Crippen molar-refractivity contribution in [2.24, 2.45) is 0 Å². The summed E-state index contributed by atoms with van der Waals surface area (Å²) < 4.78 is 2.59. The number of rotatable bonds is 6. The highest BCUT2D eigenvalue weighted by Gasteiger charge is 2.18. The van der Waals surface area contributed by atoms with Gasteiger partial charge in [-0.15, -0.1) is 11.3 Å². The smallest absolute Gasteiger partial charge is 0.164 e. The van der Waals surface area contributed by atoms with E-state index < -0.39 is 0 Å². The molecule has 0 fully saturated rings. The minimum atomic E-state index is 0.645. The maximum absolute atomic E-state index is 5.32. The second-order valence-corrected chi connectivity index (χ2v) is 16.5. The first-order chi connectivity index (χ1) is 30.2. The van der Waals surface area contributed by atoms with Crippen molar-refractivity contribution < 1.29 is 0 Å². The highest BCUT2D eigenvalue weighted by Crippen LogP contribution is 2.44. The molecule has 0 radical (unpaired) electrons. The molecular weight excluding hydrogens is 761 g/mol. The number of benzene rings is 9. The second-order valence-electron chi connectivity index (χ2n) is 15.4. The van der Waals surface area contributed by atoms with Gasteiger partial charge in [0.15, 0.2) is 17.5 Å². The molecule has 0 spiro atoms. The molecule has 0 saturated carbocycles. The van der Waals surface area contributed by atoms with Gasteiger partial charge in [-0.25, -0.2) is 19.9 Å². The Morgan fingerprint density at radius 2 is 0.885 bits per heavy atom. The van der Waals surface area contributed by atoms with Crippen LogP contribution in [0.1, 0.15) is 0 Å². The van der Waals surface area contributed by atoms with Crippen molar-refractivity contribution in [3.8, 4) is 67.7 Å². The molecule has 0 aliphatic heterocycles. The van der Waals surface area contributed by atoms with Gasteiger partial charge in [0.25, 0.3) is 0 Å². The monoisotopic (exact) mass is 794 g/mol. The molecule has 61 heavy (non-hydrogen) atoms. The van der Waals surface area contributed by atoms with Crippen LogP contribution in [0.3, 0.4) is 0 Å². The third-order valence-corrected chi connectivity index (χ3v) is 12.8. The number of nitrogens with zero attached hydrogens (tertiary/aromatic N) is 4. The lowest BCUT2D eigenvalue weighted by Crippen LogP contribution is -2.00. The van der Waals surface area contributed by atoms with Crippen molar-refractivity contribution in [2.45, 2.75) is 0 Å². The summed E-state index contributed by atoms with van der Waals surface area (Å²) in [5, 5.41) is 8.49. The summed E-state index contributed by atoms with van der Waals surface area (Å²) in [6, 6.07) is 72.8. The van der Waals surface area contributed by atoms with E-state index in [4.69, 9.17) is 19.9 Å². The zero-order valence-electron chi connectivity index (χ0n) is 32.8. The molecule has 3 heterocycles. The van der Waals surface area contributed by atoms with Crippen LogP contribution in [-0.2, 0) is 0 Å².